The van der Waals surface area contributed by atoms with Crippen molar-refractivity contribution < 1.29 is 17.9 Å². The first-order valence-corrected chi connectivity index (χ1v) is 8.37. The summed E-state index contributed by atoms with van der Waals surface area (Å²) in [5, 5.41) is 0. The summed E-state index contributed by atoms with van der Waals surface area (Å²) in [5.74, 6) is 0.595. The van der Waals surface area contributed by atoms with Crippen LogP contribution in [0.5, 0.6) is 5.75 Å². The predicted octanol–water partition coefficient (Wildman–Crippen LogP) is 1.03. The van der Waals surface area contributed by atoms with Crippen molar-refractivity contribution >= 4 is 16.1 Å². The van der Waals surface area contributed by atoms with Gasteiger partial charge in [0.1, 0.15) is 5.75 Å². The second kappa shape index (κ2) is 6.13. The lowest BCUT2D eigenvalue weighted by atomic mass is 10.3. The molecule has 0 N–H and O–H groups in total. The second-order valence-corrected chi connectivity index (χ2v) is 7.18. The van der Waals surface area contributed by atoms with Gasteiger partial charge in [0.25, 0.3) is 0 Å². The van der Waals surface area contributed by atoms with Gasteiger partial charge < -0.3 is 14.5 Å². The quantitative estimate of drug-likeness (QED) is 0.831. The molecule has 8 heteroatoms. The largest absolute Gasteiger partial charge is 0.497 e. The minimum Gasteiger partial charge on any atom is -0.497 e. The number of carbonyl (C=O) groups excluding carboxylic acids is 1. The molecule has 1 heterocycles. The molecule has 1 aliphatic rings. The van der Waals surface area contributed by atoms with Crippen LogP contribution in [0.25, 0.3) is 0 Å². The summed E-state index contributed by atoms with van der Waals surface area (Å²) in [4.78, 5) is 15.2. The van der Waals surface area contributed by atoms with E-state index in [1.807, 2.05) is 0 Å². The van der Waals surface area contributed by atoms with Crippen molar-refractivity contribution in [1.29, 1.82) is 0 Å². The zero-order valence-corrected chi connectivity index (χ0v) is 14.0. The molecule has 0 saturated carbocycles. The molecule has 0 spiro atoms. The van der Waals surface area contributed by atoms with Gasteiger partial charge in [0.05, 0.1) is 18.2 Å². The SMILES string of the molecule is COc1ccc(S(=O)(=O)N2CCN(C(=O)N(C)C)[C@H]2C)cc1. The maximum Gasteiger partial charge on any atom is 0.320 e. The number of methoxy groups -OCH3 is 1. The lowest BCUT2D eigenvalue weighted by molar-refractivity contribution is 0.156. The van der Waals surface area contributed by atoms with E-state index in [1.165, 1.54) is 28.4 Å². The van der Waals surface area contributed by atoms with Gasteiger partial charge in [0.2, 0.25) is 10.0 Å². The third kappa shape index (κ3) is 2.89. The molecule has 22 heavy (non-hydrogen) atoms. The lowest BCUT2D eigenvalue weighted by Gasteiger charge is -2.28. The molecule has 1 fully saturated rings. The van der Waals surface area contributed by atoms with Gasteiger partial charge in [-0.25, -0.2) is 13.2 Å². The summed E-state index contributed by atoms with van der Waals surface area (Å²) >= 11 is 0. The number of hydrogen-bond acceptors (Lipinski definition) is 4. The van der Waals surface area contributed by atoms with Crippen molar-refractivity contribution in [2.24, 2.45) is 0 Å². The molecule has 1 saturated heterocycles. The third-order valence-corrected chi connectivity index (χ3v) is 5.70. The summed E-state index contributed by atoms with van der Waals surface area (Å²) < 4.78 is 31.8. The maximum atomic E-state index is 12.7. The van der Waals surface area contributed by atoms with E-state index in [0.29, 0.717) is 12.3 Å². The van der Waals surface area contributed by atoms with Crippen LogP contribution in [0.3, 0.4) is 0 Å². The van der Waals surface area contributed by atoms with Crippen molar-refractivity contribution in [3.8, 4) is 5.75 Å². The van der Waals surface area contributed by atoms with Gasteiger partial charge in [0, 0.05) is 27.2 Å². The van der Waals surface area contributed by atoms with E-state index in [0.717, 1.165) is 0 Å². The molecular formula is C14H21N3O4S. The van der Waals surface area contributed by atoms with Crippen molar-refractivity contribution in [2.75, 3.05) is 34.3 Å². The highest BCUT2D eigenvalue weighted by atomic mass is 32.2. The molecule has 0 aromatic heterocycles. The number of hydrogen-bond donors (Lipinski definition) is 0. The Bertz CT molecular complexity index is 643. The average molecular weight is 327 g/mol. The topological polar surface area (TPSA) is 70.2 Å². The van der Waals surface area contributed by atoms with E-state index < -0.39 is 16.2 Å². The number of urea groups is 1. The van der Waals surface area contributed by atoms with Gasteiger partial charge in [0.15, 0.2) is 0 Å². The minimum atomic E-state index is -3.64. The Morgan fingerprint density at radius 2 is 1.82 bits per heavy atom. The van der Waals surface area contributed by atoms with Crippen molar-refractivity contribution in [2.45, 2.75) is 18.0 Å². The standard InChI is InChI=1S/C14H21N3O4S/c1-11-16(14(18)15(2)3)9-10-17(11)22(19,20)13-7-5-12(21-4)6-8-13/h5-8,11H,9-10H2,1-4H3/t11-/m1/s1. The van der Waals surface area contributed by atoms with E-state index in [9.17, 15) is 13.2 Å². The summed E-state index contributed by atoms with van der Waals surface area (Å²) in [5.41, 5.74) is 0. The fraction of sp³-hybridized carbons (Fsp3) is 0.500. The summed E-state index contributed by atoms with van der Waals surface area (Å²) in [7, 11) is 1.18. The van der Waals surface area contributed by atoms with E-state index in [4.69, 9.17) is 4.74 Å². The average Bonchev–Trinajstić information content (AvgIpc) is 2.88. The zero-order valence-electron chi connectivity index (χ0n) is 13.2. The Hall–Kier alpha value is -1.80. The number of ether oxygens (including phenoxy) is 1. The predicted molar refractivity (Wildman–Crippen MR) is 82.1 cm³/mol. The van der Waals surface area contributed by atoms with E-state index in [1.54, 1.807) is 38.1 Å². The Morgan fingerprint density at radius 3 is 2.32 bits per heavy atom. The molecule has 0 aliphatic carbocycles. The van der Waals surface area contributed by atoms with Gasteiger partial charge in [-0.3, -0.25) is 0 Å². The van der Waals surface area contributed by atoms with Crippen LogP contribution in [-0.2, 0) is 10.0 Å². The highest BCUT2D eigenvalue weighted by Crippen LogP contribution is 2.25. The first-order chi connectivity index (χ1) is 10.3. The fourth-order valence-electron chi connectivity index (χ4n) is 2.45. The van der Waals surface area contributed by atoms with Crippen LogP contribution in [0.2, 0.25) is 0 Å². The molecule has 0 unspecified atom stereocenters. The number of carbonyl (C=O) groups is 1. The number of sulfonamides is 1. The Labute approximate surface area is 131 Å². The van der Waals surface area contributed by atoms with Gasteiger partial charge in [-0.2, -0.15) is 4.31 Å². The third-order valence-electron chi connectivity index (χ3n) is 3.72. The van der Waals surface area contributed by atoms with Crippen LogP contribution < -0.4 is 4.74 Å². The normalized spacial score (nSPS) is 19.3. The van der Waals surface area contributed by atoms with Gasteiger partial charge in [-0.15, -0.1) is 0 Å². The zero-order chi connectivity index (χ0) is 16.5. The van der Waals surface area contributed by atoms with Crippen molar-refractivity contribution in [3.63, 3.8) is 0 Å². The molecule has 1 aromatic rings. The lowest BCUT2D eigenvalue weighted by Crippen LogP contribution is -2.45. The van der Waals surface area contributed by atoms with Crippen LogP contribution in [0.1, 0.15) is 6.92 Å². The number of rotatable bonds is 3. The molecule has 0 bridgehead atoms. The highest BCUT2D eigenvalue weighted by Gasteiger charge is 2.40. The molecule has 2 rings (SSSR count). The summed E-state index contributed by atoms with van der Waals surface area (Å²) in [6.07, 6.45) is -0.512. The Balaban J connectivity index is 2.25. The number of nitrogens with zero attached hydrogens (tertiary/aromatic N) is 3. The Kier molecular flexibility index (Phi) is 4.62. The van der Waals surface area contributed by atoms with Gasteiger partial charge in [-0.1, -0.05) is 0 Å². The fourth-order valence-corrected chi connectivity index (χ4v) is 4.04. The van der Waals surface area contributed by atoms with E-state index in [-0.39, 0.29) is 17.5 Å². The van der Waals surface area contributed by atoms with Crippen LogP contribution in [0.4, 0.5) is 4.79 Å². The second-order valence-electron chi connectivity index (χ2n) is 5.29. The molecule has 1 aliphatic heterocycles. The maximum absolute atomic E-state index is 12.7. The van der Waals surface area contributed by atoms with Crippen LogP contribution >= 0.6 is 0 Å². The van der Waals surface area contributed by atoms with Gasteiger partial charge in [-0.05, 0) is 31.2 Å². The van der Waals surface area contributed by atoms with Crippen LogP contribution in [-0.4, -0.2) is 69.0 Å². The monoisotopic (exact) mass is 327 g/mol. The van der Waals surface area contributed by atoms with E-state index >= 15 is 0 Å². The molecule has 0 radical (unpaired) electrons. The molecule has 1 atom stereocenters. The smallest absolute Gasteiger partial charge is 0.320 e. The molecule has 1 aromatic carbocycles. The first-order valence-electron chi connectivity index (χ1n) is 6.93. The molecular weight excluding hydrogens is 306 g/mol. The number of amides is 2. The van der Waals surface area contributed by atoms with Crippen LogP contribution in [0.15, 0.2) is 29.2 Å². The van der Waals surface area contributed by atoms with Gasteiger partial charge >= 0.3 is 6.03 Å². The minimum absolute atomic E-state index is 0.194. The summed E-state index contributed by atoms with van der Waals surface area (Å²) in [6.45, 7) is 2.39. The first kappa shape index (κ1) is 16.6. The molecule has 7 nitrogen and oxygen atoms in total. The Morgan fingerprint density at radius 1 is 1.23 bits per heavy atom. The highest BCUT2D eigenvalue weighted by molar-refractivity contribution is 7.89. The number of benzene rings is 1. The van der Waals surface area contributed by atoms with E-state index in [2.05, 4.69) is 0 Å². The van der Waals surface area contributed by atoms with Crippen molar-refractivity contribution in [1.82, 2.24) is 14.1 Å². The van der Waals surface area contributed by atoms with Crippen molar-refractivity contribution in [3.05, 3.63) is 24.3 Å². The van der Waals surface area contributed by atoms with Crippen LogP contribution in [0, 0.1) is 0 Å². The molecule has 2 amide bonds. The summed E-state index contributed by atoms with van der Waals surface area (Å²) in [6, 6.07) is 6.04. The molecule has 122 valence electrons.